The van der Waals surface area contributed by atoms with Gasteiger partial charge < -0.3 is 19.5 Å². The molecule has 12 heteroatoms. The van der Waals surface area contributed by atoms with Gasteiger partial charge in [0.05, 0.1) is 18.8 Å². The highest BCUT2D eigenvalue weighted by atomic mass is 35.5. The summed E-state index contributed by atoms with van der Waals surface area (Å²) in [7, 11) is 0. The maximum absolute atomic E-state index is 13.0. The summed E-state index contributed by atoms with van der Waals surface area (Å²) < 4.78 is 17.6. The van der Waals surface area contributed by atoms with Crippen LogP contribution >= 0.6 is 11.6 Å². The molecule has 378 valence electrons. The molecule has 4 aromatic rings. The Hall–Kier alpha value is -4.13. The fourth-order valence-electron chi connectivity index (χ4n) is 10.7. The number of likely N-dealkylation sites (tertiary alicyclic amines) is 1. The summed E-state index contributed by atoms with van der Waals surface area (Å²) in [5.74, 6) is 0.829. The predicted molar refractivity (Wildman–Crippen MR) is 276 cm³/mol. The Morgan fingerprint density at radius 3 is 1.84 bits per heavy atom. The van der Waals surface area contributed by atoms with Crippen molar-refractivity contribution >= 4 is 23.4 Å². The quantitative estimate of drug-likeness (QED) is 0.0516. The number of aryl methyl sites for hydroxylation is 6. The zero-order chi connectivity index (χ0) is 48.5. The molecule has 6 heterocycles. The number of rotatable bonds is 20. The van der Waals surface area contributed by atoms with Crippen molar-refractivity contribution < 1.29 is 23.8 Å². The van der Waals surface area contributed by atoms with Gasteiger partial charge >= 0.3 is 5.97 Å². The normalized spacial score (nSPS) is 20.7. The van der Waals surface area contributed by atoms with Gasteiger partial charge in [-0.15, -0.1) is 11.6 Å². The molecule has 2 saturated heterocycles. The number of nitrogens with one attached hydrogen (secondary N) is 1. The Labute approximate surface area is 423 Å². The molecule has 10 rings (SSSR count). The van der Waals surface area contributed by atoms with Crippen molar-refractivity contribution in [2.45, 2.75) is 184 Å². The van der Waals surface area contributed by atoms with Crippen LogP contribution in [0.1, 0.15) is 190 Å². The van der Waals surface area contributed by atoms with E-state index in [9.17, 15) is 9.59 Å². The number of ether oxygens (including phenoxy) is 3. The Morgan fingerprint density at radius 1 is 0.700 bits per heavy atom. The molecule has 0 radical (unpaired) electrons. The summed E-state index contributed by atoms with van der Waals surface area (Å²) in [5.41, 5.74) is 12.1. The van der Waals surface area contributed by atoms with Gasteiger partial charge in [0.15, 0.2) is 5.78 Å². The average Bonchev–Trinajstić information content (AvgIpc) is 3.89. The van der Waals surface area contributed by atoms with Crippen molar-refractivity contribution in [2.75, 3.05) is 46.0 Å². The number of ketones is 1. The molecule has 4 aliphatic carbocycles. The molecule has 0 bridgehead atoms. The summed E-state index contributed by atoms with van der Waals surface area (Å²) in [6.45, 7) is 9.19. The van der Waals surface area contributed by atoms with E-state index in [1.165, 1.54) is 118 Å². The Bertz CT molecular complexity index is 2280. The van der Waals surface area contributed by atoms with Gasteiger partial charge in [-0.05, 0) is 190 Å². The number of hydrogen-bond acceptors (Lipinski definition) is 11. The Morgan fingerprint density at radius 2 is 1.29 bits per heavy atom. The number of hydrogen-bond donors (Lipinski definition) is 1. The first kappa shape index (κ1) is 52.2. The van der Waals surface area contributed by atoms with Crippen LogP contribution in [0.15, 0.2) is 60.9 Å². The van der Waals surface area contributed by atoms with Crippen LogP contribution < -0.4 is 5.32 Å². The minimum atomic E-state index is -0.533. The van der Waals surface area contributed by atoms with Gasteiger partial charge in [-0.2, -0.15) is 0 Å². The number of unbranched alkanes of at least 4 members (excludes halogenated alkanes) is 2. The molecule has 2 saturated carbocycles. The summed E-state index contributed by atoms with van der Waals surface area (Å²) in [6, 6.07) is 16.4. The fourth-order valence-corrected chi connectivity index (χ4v) is 10.9. The first-order valence-electron chi connectivity index (χ1n) is 27.2. The van der Waals surface area contributed by atoms with Crippen LogP contribution in [0.5, 0.6) is 0 Å². The monoisotopic (exact) mass is 975 g/mol. The van der Waals surface area contributed by atoms with Gasteiger partial charge in [0.25, 0.3) is 0 Å². The van der Waals surface area contributed by atoms with Crippen molar-refractivity contribution in [3.05, 3.63) is 117 Å². The predicted octanol–water partition coefficient (Wildman–Crippen LogP) is 10.8. The lowest BCUT2D eigenvalue weighted by Gasteiger charge is -2.27. The highest BCUT2D eigenvalue weighted by molar-refractivity contribution is 6.30. The second-order valence-corrected chi connectivity index (χ2v) is 20.8. The standard InChI is InChI=1S/C29H39N3O3.C17H26N2O.C12H14ClNO/c1-2-34-29(33)28(25-10-7-17-30-27(25)22-12-13-22)32-18-16-24(20-32)35-19-6-5-9-23-15-14-21-8-3-4-11-26(21)31-23;1-2-7-17-14(5-1)8-9-15(19-17)6-3-4-12-20-16-10-11-18-13-16;1-8(15)11(13)10-6-3-7-14-12(10)9-4-2-5-9/h7,10,14-15,17,22,24,28H,2-6,8-9,11-13,16,18-20H2,1H3;8-9,16,18H,1-7,10-13H2;3,6-7,9,11H,2,4-5H2,1H3/t24-,28?;16-;/m11./s1. The number of fused-ring (bicyclic) bond motifs is 2. The number of aromatic nitrogens is 4. The van der Waals surface area contributed by atoms with Crippen molar-refractivity contribution in [3.8, 4) is 0 Å². The first-order chi connectivity index (χ1) is 34.3. The van der Waals surface area contributed by atoms with E-state index >= 15 is 0 Å². The number of halogens is 1. The molecule has 0 aromatic carbocycles. The first-order valence-corrected chi connectivity index (χ1v) is 27.6. The van der Waals surface area contributed by atoms with Crippen molar-refractivity contribution in [3.63, 3.8) is 0 Å². The summed E-state index contributed by atoms with van der Waals surface area (Å²) in [6.07, 6.45) is 28.8. The lowest BCUT2D eigenvalue weighted by atomic mass is 9.80. The third-order valence-electron chi connectivity index (χ3n) is 15.0. The molecule has 1 N–H and O–H groups in total. The van der Waals surface area contributed by atoms with Crippen LogP contribution in [-0.2, 0) is 62.3 Å². The SMILES string of the molecule is CC(=O)C(Cl)c1cccnc1C1CCC1.CCOC(=O)C(c1cccnc1C1CC1)N1CC[C@@H](OCCCCc2ccc3c(n2)CCCC3)C1.c1cc2c(nc1CCCCO[C@@H]1CCNC1)CCCC2. The maximum Gasteiger partial charge on any atom is 0.328 e. The van der Waals surface area contributed by atoms with Crippen LogP contribution in [-0.4, -0.2) is 94.8 Å². The highest BCUT2D eigenvalue weighted by Crippen LogP contribution is 2.43. The van der Waals surface area contributed by atoms with Crippen LogP contribution in [0.25, 0.3) is 0 Å². The lowest BCUT2D eigenvalue weighted by molar-refractivity contribution is -0.149. The molecule has 2 unspecified atom stereocenters. The smallest absolute Gasteiger partial charge is 0.328 e. The average molecular weight is 976 g/mol. The van der Waals surface area contributed by atoms with Crippen molar-refractivity contribution in [2.24, 2.45) is 0 Å². The third kappa shape index (κ3) is 15.0. The number of pyridine rings is 4. The van der Waals surface area contributed by atoms with Gasteiger partial charge in [0, 0.05) is 96.8 Å². The molecular weight excluding hydrogens is 896 g/mol. The molecule has 4 fully saturated rings. The summed E-state index contributed by atoms with van der Waals surface area (Å²) in [5, 5.41) is 2.80. The minimum absolute atomic E-state index is 0.00904. The highest BCUT2D eigenvalue weighted by Gasteiger charge is 2.39. The minimum Gasteiger partial charge on any atom is -0.465 e. The zero-order valence-corrected chi connectivity index (χ0v) is 42.9. The fraction of sp³-hybridized carbons (Fsp3) is 0.621. The van der Waals surface area contributed by atoms with Gasteiger partial charge in [-0.25, -0.2) is 4.79 Å². The van der Waals surface area contributed by atoms with Crippen LogP contribution in [0.4, 0.5) is 0 Å². The lowest BCUT2D eigenvalue weighted by Crippen LogP contribution is -2.35. The van der Waals surface area contributed by atoms with E-state index in [2.05, 4.69) is 50.5 Å². The second kappa shape index (κ2) is 27.1. The molecule has 0 amide bonds. The van der Waals surface area contributed by atoms with E-state index in [0.717, 1.165) is 120 Å². The largest absolute Gasteiger partial charge is 0.465 e. The molecule has 4 atom stereocenters. The van der Waals surface area contributed by atoms with E-state index in [0.29, 0.717) is 24.5 Å². The van der Waals surface area contributed by atoms with Crippen molar-refractivity contribution in [1.82, 2.24) is 30.2 Å². The van der Waals surface area contributed by atoms with E-state index < -0.39 is 5.38 Å². The van der Waals surface area contributed by atoms with E-state index in [-0.39, 0.29) is 23.9 Å². The van der Waals surface area contributed by atoms with Crippen LogP contribution in [0.2, 0.25) is 0 Å². The summed E-state index contributed by atoms with van der Waals surface area (Å²) >= 11 is 6.08. The topological polar surface area (TPSA) is 129 Å². The van der Waals surface area contributed by atoms with Gasteiger partial charge in [-0.3, -0.25) is 29.6 Å². The summed E-state index contributed by atoms with van der Waals surface area (Å²) in [4.78, 5) is 45.3. The number of nitrogens with zero attached hydrogens (tertiary/aromatic N) is 5. The number of alkyl halides is 1. The van der Waals surface area contributed by atoms with E-state index in [4.69, 9.17) is 35.8 Å². The molecule has 2 aliphatic heterocycles. The Kier molecular flexibility index (Phi) is 20.2. The van der Waals surface area contributed by atoms with Crippen LogP contribution in [0, 0.1) is 0 Å². The third-order valence-corrected chi connectivity index (χ3v) is 15.6. The van der Waals surface area contributed by atoms with E-state index in [1.807, 2.05) is 31.3 Å². The molecule has 0 spiro atoms. The molecule has 4 aromatic heterocycles. The maximum atomic E-state index is 13.0. The molecular formula is C58H79ClN6O5. The second-order valence-electron chi connectivity index (χ2n) is 20.4. The zero-order valence-electron chi connectivity index (χ0n) is 42.2. The van der Waals surface area contributed by atoms with E-state index in [1.54, 1.807) is 6.20 Å². The molecule has 6 aliphatic rings. The van der Waals surface area contributed by atoms with Gasteiger partial charge in [0.1, 0.15) is 11.4 Å². The number of carbonyl (C=O) groups excluding carboxylic acids is 2. The number of carbonyl (C=O) groups is 2. The number of esters is 1. The van der Waals surface area contributed by atoms with Crippen molar-refractivity contribution in [1.29, 1.82) is 0 Å². The molecule has 11 nitrogen and oxygen atoms in total. The number of Topliss-reactive ketones (excluding diaryl/α,β-unsaturated/α-hetero) is 1. The van der Waals surface area contributed by atoms with Crippen LogP contribution in [0.3, 0.4) is 0 Å². The molecule has 70 heavy (non-hydrogen) atoms. The Balaban J connectivity index is 0.000000158. The van der Waals surface area contributed by atoms with Gasteiger partial charge in [-0.1, -0.05) is 30.7 Å². The van der Waals surface area contributed by atoms with Gasteiger partial charge in [0.2, 0.25) is 0 Å².